The highest BCUT2D eigenvalue weighted by Crippen LogP contribution is 2.35. The first-order chi connectivity index (χ1) is 7.13. The van der Waals surface area contributed by atoms with Crippen LogP contribution in [-0.2, 0) is 4.43 Å². The molecule has 1 atom stereocenters. The molecule has 0 bridgehead atoms. The van der Waals surface area contributed by atoms with Crippen LogP contribution in [0.4, 0.5) is 0 Å². The van der Waals surface area contributed by atoms with Crippen LogP contribution in [0.3, 0.4) is 0 Å². The molecule has 1 aromatic rings. The van der Waals surface area contributed by atoms with E-state index in [0.29, 0.717) is 0 Å². The molecule has 0 radical (unpaired) electrons. The first kappa shape index (κ1) is 11.2. The Hall–Kier alpha value is -0.313. The van der Waals surface area contributed by atoms with Crippen LogP contribution < -0.4 is 5.19 Å². The van der Waals surface area contributed by atoms with E-state index in [1.54, 1.807) is 0 Å². The molecule has 2 rings (SSSR count). The van der Waals surface area contributed by atoms with Crippen molar-refractivity contribution in [3.05, 3.63) is 28.8 Å². The van der Waals surface area contributed by atoms with Gasteiger partial charge in [0.2, 0.25) is 8.32 Å². The third-order valence-corrected chi connectivity index (χ3v) is 8.23. The summed E-state index contributed by atoms with van der Waals surface area (Å²) < 4.78 is 6.25. The molecule has 1 unspecified atom stereocenters. The molecule has 1 nitrogen and oxygen atoms in total. The molecular weight excluding hydrogens is 224 g/mol. The highest BCUT2D eigenvalue weighted by molar-refractivity contribution is 6.87. The van der Waals surface area contributed by atoms with Crippen LogP contribution in [0.15, 0.2) is 18.2 Å². The van der Waals surface area contributed by atoms with E-state index in [1.807, 2.05) is 6.07 Å². The molecule has 0 saturated heterocycles. The monoisotopic (exact) mass is 240 g/mol. The van der Waals surface area contributed by atoms with E-state index in [1.165, 1.54) is 10.8 Å². The average Bonchev–Trinajstić information content (AvgIpc) is 2.52. The SMILES string of the molecule is CC[Si]1(CC)OC(C)c2ccc(Cl)cc21. The van der Waals surface area contributed by atoms with E-state index >= 15 is 0 Å². The third kappa shape index (κ3) is 1.65. The Balaban J connectivity index is 2.56. The Kier molecular flexibility index (Phi) is 2.93. The smallest absolute Gasteiger partial charge is 0.224 e. The summed E-state index contributed by atoms with van der Waals surface area (Å²) in [5.74, 6) is 0. The standard InChI is InChI=1S/C12H17ClOSi/c1-4-15(5-2)12-8-10(13)6-7-11(12)9(3)14-15/h6-9H,4-5H2,1-3H3. The minimum absolute atomic E-state index is 0.254. The first-order valence-electron chi connectivity index (χ1n) is 5.60. The highest BCUT2D eigenvalue weighted by atomic mass is 35.5. The quantitative estimate of drug-likeness (QED) is 0.718. The Morgan fingerprint density at radius 2 is 2.00 bits per heavy atom. The van der Waals surface area contributed by atoms with Crippen molar-refractivity contribution in [3.63, 3.8) is 0 Å². The highest BCUT2D eigenvalue weighted by Gasteiger charge is 2.43. The van der Waals surface area contributed by atoms with Crippen LogP contribution >= 0.6 is 11.6 Å². The van der Waals surface area contributed by atoms with E-state index < -0.39 is 8.32 Å². The van der Waals surface area contributed by atoms with Crippen LogP contribution in [-0.4, -0.2) is 8.32 Å². The summed E-state index contributed by atoms with van der Waals surface area (Å²) in [6, 6.07) is 8.50. The van der Waals surface area contributed by atoms with Gasteiger partial charge in [0.15, 0.2) is 0 Å². The molecule has 0 aromatic heterocycles. The minimum atomic E-state index is -1.68. The van der Waals surface area contributed by atoms with Crippen molar-refractivity contribution in [1.29, 1.82) is 0 Å². The van der Waals surface area contributed by atoms with Crippen molar-refractivity contribution in [1.82, 2.24) is 0 Å². The zero-order chi connectivity index (χ0) is 11.1. The van der Waals surface area contributed by atoms with Crippen molar-refractivity contribution in [3.8, 4) is 0 Å². The fourth-order valence-corrected chi connectivity index (χ4v) is 6.56. The molecule has 1 aliphatic heterocycles. The molecule has 0 saturated carbocycles. The zero-order valence-corrected chi connectivity index (χ0v) is 11.3. The normalized spacial score (nSPS) is 22.8. The number of halogens is 1. The van der Waals surface area contributed by atoms with Crippen LogP contribution in [0.5, 0.6) is 0 Å². The lowest BCUT2D eigenvalue weighted by Crippen LogP contribution is -2.45. The van der Waals surface area contributed by atoms with Gasteiger partial charge in [-0.1, -0.05) is 31.5 Å². The van der Waals surface area contributed by atoms with Crippen LogP contribution in [0.1, 0.15) is 32.4 Å². The van der Waals surface area contributed by atoms with E-state index in [4.69, 9.17) is 16.0 Å². The summed E-state index contributed by atoms with van der Waals surface area (Å²) in [6.45, 7) is 6.61. The minimum Gasteiger partial charge on any atom is -0.406 e. The van der Waals surface area contributed by atoms with Gasteiger partial charge in [0, 0.05) is 5.02 Å². The number of rotatable bonds is 2. The van der Waals surface area contributed by atoms with Gasteiger partial charge in [-0.2, -0.15) is 0 Å². The molecule has 0 amide bonds. The van der Waals surface area contributed by atoms with Gasteiger partial charge in [-0.25, -0.2) is 0 Å². The van der Waals surface area contributed by atoms with Crippen molar-refractivity contribution in [2.24, 2.45) is 0 Å². The van der Waals surface area contributed by atoms with Crippen molar-refractivity contribution < 1.29 is 4.43 Å². The Morgan fingerprint density at radius 3 is 2.60 bits per heavy atom. The van der Waals surface area contributed by atoms with Gasteiger partial charge in [-0.15, -0.1) is 0 Å². The van der Waals surface area contributed by atoms with Crippen LogP contribution in [0.25, 0.3) is 0 Å². The van der Waals surface area contributed by atoms with Gasteiger partial charge in [0.1, 0.15) is 0 Å². The van der Waals surface area contributed by atoms with Crippen molar-refractivity contribution in [2.45, 2.75) is 39.0 Å². The second-order valence-corrected chi connectivity index (χ2v) is 8.81. The predicted octanol–water partition coefficient (Wildman–Crippen LogP) is 3.62. The van der Waals surface area contributed by atoms with Crippen LogP contribution in [0.2, 0.25) is 17.1 Å². The maximum absolute atomic E-state index is 6.25. The van der Waals surface area contributed by atoms with Gasteiger partial charge < -0.3 is 4.43 Å². The number of fused-ring (bicyclic) bond motifs is 1. The molecule has 1 heterocycles. The summed E-state index contributed by atoms with van der Waals surface area (Å²) in [5, 5.41) is 2.26. The van der Waals surface area contributed by atoms with Crippen LogP contribution in [0, 0.1) is 0 Å². The van der Waals surface area contributed by atoms with Gasteiger partial charge in [0.05, 0.1) is 6.10 Å². The maximum atomic E-state index is 6.25. The van der Waals surface area contributed by atoms with Gasteiger partial charge in [0.25, 0.3) is 0 Å². The molecular formula is C12H17ClOSi. The van der Waals surface area contributed by atoms with Crippen molar-refractivity contribution in [2.75, 3.05) is 0 Å². The van der Waals surface area contributed by atoms with Crippen molar-refractivity contribution >= 4 is 25.1 Å². The number of hydrogen-bond acceptors (Lipinski definition) is 1. The van der Waals surface area contributed by atoms with E-state index in [2.05, 4.69) is 32.9 Å². The van der Waals surface area contributed by atoms with E-state index in [0.717, 1.165) is 17.1 Å². The van der Waals surface area contributed by atoms with E-state index in [9.17, 15) is 0 Å². The second-order valence-electron chi connectivity index (χ2n) is 4.19. The molecule has 0 N–H and O–H groups in total. The summed E-state index contributed by atoms with van der Waals surface area (Å²) >= 11 is 6.08. The molecule has 15 heavy (non-hydrogen) atoms. The van der Waals surface area contributed by atoms with Gasteiger partial charge >= 0.3 is 0 Å². The largest absolute Gasteiger partial charge is 0.406 e. The van der Waals surface area contributed by atoms with Gasteiger partial charge in [-0.05, 0) is 41.9 Å². The molecule has 0 fully saturated rings. The molecule has 82 valence electrons. The molecule has 1 aliphatic rings. The second kappa shape index (κ2) is 3.93. The lowest BCUT2D eigenvalue weighted by atomic mass is 10.1. The zero-order valence-electron chi connectivity index (χ0n) is 9.51. The summed E-state index contributed by atoms with van der Waals surface area (Å²) in [4.78, 5) is 0. The topological polar surface area (TPSA) is 9.23 Å². The predicted molar refractivity (Wildman–Crippen MR) is 67.3 cm³/mol. The Bertz CT molecular complexity index is 374. The first-order valence-corrected chi connectivity index (χ1v) is 8.30. The van der Waals surface area contributed by atoms with E-state index in [-0.39, 0.29) is 6.10 Å². The van der Waals surface area contributed by atoms with Gasteiger partial charge in [-0.3, -0.25) is 0 Å². The fourth-order valence-electron chi connectivity index (χ4n) is 2.54. The average molecular weight is 241 g/mol. The maximum Gasteiger partial charge on any atom is 0.224 e. The lowest BCUT2D eigenvalue weighted by molar-refractivity contribution is 0.232. The number of hydrogen-bond donors (Lipinski definition) is 0. The molecule has 3 heteroatoms. The summed E-state index contributed by atoms with van der Waals surface area (Å²) in [6.07, 6.45) is 0.254. The Labute approximate surface area is 97.5 Å². The molecule has 0 spiro atoms. The summed E-state index contributed by atoms with van der Waals surface area (Å²) in [5.41, 5.74) is 1.36. The number of benzene rings is 1. The fraction of sp³-hybridized carbons (Fsp3) is 0.500. The Morgan fingerprint density at radius 1 is 1.33 bits per heavy atom. The summed E-state index contributed by atoms with van der Waals surface area (Å²) in [7, 11) is -1.68. The molecule has 0 aliphatic carbocycles. The molecule has 1 aromatic carbocycles. The lowest BCUT2D eigenvalue weighted by Gasteiger charge is -2.24. The third-order valence-electron chi connectivity index (χ3n) is 3.49.